The van der Waals surface area contributed by atoms with Crippen LogP contribution in [0.5, 0.6) is 0 Å². The van der Waals surface area contributed by atoms with Gasteiger partial charge in [-0.25, -0.2) is 0 Å². The first kappa shape index (κ1) is 31.2. The molecule has 0 amide bonds. The van der Waals surface area contributed by atoms with Crippen molar-refractivity contribution in [2.45, 2.75) is 86.5 Å². The molecule has 0 aromatic carbocycles. The lowest BCUT2D eigenvalue weighted by Gasteiger charge is -2.48. The third-order valence-electron chi connectivity index (χ3n) is 6.22. The molecule has 3 aliphatic rings. The van der Waals surface area contributed by atoms with E-state index in [9.17, 15) is 15.3 Å². The lowest BCUT2D eigenvalue weighted by atomic mass is 9.84. The second-order valence-electron chi connectivity index (χ2n) is 9.26. The van der Waals surface area contributed by atoms with Gasteiger partial charge >= 0.3 is 10.4 Å². The summed E-state index contributed by atoms with van der Waals surface area (Å²) in [5.74, 6) is 0.555. The summed E-state index contributed by atoms with van der Waals surface area (Å²) in [6.07, 6.45) is -3.56. The Hall–Kier alpha value is -1.03. The molecule has 2 aliphatic heterocycles. The fourth-order valence-electron chi connectivity index (χ4n) is 4.44. The number of rotatable bonds is 6. The molecular weight excluding hydrogens is 506 g/mol. The van der Waals surface area contributed by atoms with E-state index >= 15 is 0 Å². The average molecular weight is 546 g/mol. The first-order valence-corrected chi connectivity index (χ1v) is 12.7. The van der Waals surface area contributed by atoms with Crippen molar-refractivity contribution >= 4 is 10.4 Å². The summed E-state index contributed by atoms with van der Waals surface area (Å²) < 4.78 is 54.6. The van der Waals surface area contributed by atoms with Crippen LogP contribution < -0.4 is 28.3 Å². The van der Waals surface area contributed by atoms with Crippen molar-refractivity contribution in [2.24, 2.45) is 22.9 Å². The summed E-state index contributed by atoms with van der Waals surface area (Å²) in [5.41, 5.74) is 22.9. The van der Waals surface area contributed by atoms with Crippen LogP contribution >= 0.6 is 0 Å². The Morgan fingerprint density at radius 1 is 1.08 bits per heavy atom. The van der Waals surface area contributed by atoms with Gasteiger partial charge in [0, 0.05) is 12.1 Å². The topological polar surface area (TPSA) is 288 Å². The van der Waals surface area contributed by atoms with Gasteiger partial charge in [0.2, 0.25) is 6.29 Å². The molecule has 14 N–H and O–H groups in total. The van der Waals surface area contributed by atoms with E-state index in [0.29, 0.717) is 18.6 Å². The summed E-state index contributed by atoms with van der Waals surface area (Å²) in [4.78, 5) is 0. The number of nitrogens with one attached hydrogen (secondary N) is 1. The van der Waals surface area contributed by atoms with Gasteiger partial charge in [0.25, 0.3) is 0 Å². The molecule has 10 unspecified atom stereocenters. The lowest BCUT2D eigenvalue weighted by molar-refractivity contribution is -0.303. The Labute approximate surface area is 209 Å². The molecular formula is C19H39N5O11S. The van der Waals surface area contributed by atoms with Gasteiger partial charge in [0.15, 0.2) is 6.29 Å². The van der Waals surface area contributed by atoms with Gasteiger partial charge in [-0.1, -0.05) is 0 Å². The van der Waals surface area contributed by atoms with Crippen LogP contribution in [-0.4, -0.2) is 120 Å². The SMILES string of the molecule is CNC1C(O)C(OC2C(N)CC(N)C(OC3OC(CN)=CCC3N)C2O)OC[C@@]1(C)O.O=S(=O)(O)O. The summed E-state index contributed by atoms with van der Waals surface area (Å²) in [6, 6.07) is -2.37. The molecule has 16 nitrogen and oxygen atoms in total. The second-order valence-corrected chi connectivity index (χ2v) is 10.2. The number of aliphatic hydroxyl groups is 3. The predicted octanol–water partition coefficient (Wildman–Crippen LogP) is -4.50. The molecule has 2 fully saturated rings. The smallest absolute Gasteiger partial charge is 0.394 e. The Kier molecular flexibility index (Phi) is 11.0. The van der Waals surface area contributed by atoms with Crippen LogP contribution in [0.4, 0.5) is 0 Å². The van der Waals surface area contributed by atoms with Gasteiger partial charge in [-0.2, -0.15) is 8.42 Å². The molecule has 212 valence electrons. The molecule has 0 aromatic rings. The van der Waals surface area contributed by atoms with Crippen LogP contribution in [0.25, 0.3) is 0 Å². The third-order valence-corrected chi connectivity index (χ3v) is 6.22. The molecule has 0 spiro atoms. The Bertz CT molecular complexity index is 840. The maximum Gasteiger partial charge on any atom is 0.394 e. The number of likely N-dealkylation sites (N-methyl/N-ethyl adjacent to an activating group) is 1. The quantitative estimate of drug-likeness (QED) is 0.141. The highest BCUT2D eigenvalue weighted by Crippen LogP contribution is 2.31. The minimum atomic E-state index is -4.67. The number of hydrogen-bond donors (Lipinski definition) is 10. The van der Waals surface area contributed by atoms with Crippen molar-refractivity contribution in [1.82, 2.24) is 5.32 Å². The van der Waals surface area contributed by atoms with E-state index in [4.69, 9.17) is 59.4 Å². The van der Waals surface area contributed by atoms with Crippen LogP contribution in [0.1, 0.15) is 19.8 Å². The largest absolute Gasteiger partial charge is 0.467 e. The molecule has 17 heteroatoms. The van der Waals surface area contributed by atoms with E-state index in [1.165, 1.54) is 0 Å². The standard InChI is InChI=1S/C19H37N5O7.H2O4S/c1-19(27)7-28-18(13(26)16(19)24-2)31-15-11(23)5-10(22)14(12(15)25)30-17-9(21)4-3-8(6-20)29-17;1-5(2,3)4/h3,9-18,24-27H,4-7,20-23H2,1-2H3;(H2,1,2,3,4)/t9?,10?,11?,12?,13?,14?,15?,16?,17?,18?,19-;/m1./s1. The average Bonchev–Trinajstić information content (AvgIpc) is 2.75. The molecule has 0 radical (unpaired) electrons. The van der Waals surface area contributed by atoms with Crippen molar-refractivity contribution < 1.29 is 51.8 Å². The van der Waals surface area contributed by atoms with E-state index in [1.807, 2.05) is 0 Å². The summed E-state index contributed by atoms with van der Waals surface area (Å²) >= 11 is 0. The summed E-state index contributed by atoms with van der Waals surface area (Å²) in [5, 5.41) is 34.9. The number of ether oxygens (including phenoxy) is 4. The van der Waals surface area contributed by atoms with Crippen molar-refractivity contribution in [2.75, 3.05) is 20.2 Å². The van der Waals surface area contributed by atoms with Crippen molar-refractivity contribution in [3.05, 3.63) is 11.8 Å². The molecule has 11 atom stereocenters. The van der Waals surface area contributed by atoms with Crippen LogP contribution in [0.15, 0.2) is 11.8 Å². The highest BCUT2D eigenvalue weighted by Gasteiger charge is 2.50. The molecule has 0 aromatic heterocycles. The third kappa shape index (κ3) is 8.23. The van der Waals surface area contributed by atoms with Crippen LogP contribution in [0, 0.1) is 0 Å². The second kappa shape index (κ2) is 12.7. The minimum absolute atomic E-state index is 0.0727. The van der Waals surface area contributed by atoms with Gasteiger partial charge < -0.3 is 62.5 Å². The van der Waals surface area contributed by atoms with Crippen LogP contribution in [-0.2, 0) is 29.3 Å². The van der Waals surface area contributed by atoms with Gasteiger partial charge in [0.05, 0.1) is 25.2 Å². The van der Waals surface area contributed by atoms with Gasteiger partial charge in [-0.05, 0) is 32.9 Å². The maximum absolute atomic E-state index is 11.0. The first-order valence-electron chi connectivity index (χ1n) is 11.3. The monoisotopic (exact) mass is 545 g/mol. The molecule has 1 saturated heterocycles. The molecule has 2 heterocycles. The first-order chi connectivity index (χ1) is 16.6. The zero-order valence-electron chi connectivity index (χ0n) is 20.1. The number of hydrogen-bond acceptors (Lipinski definition) is 14. The minimum Gasteiger partial charge on any atom is -0.467 e. The van der Waals surface area contributed by atoms with Crippen LogP contribution in [0.2, 0.25) is 0 Å². The van der Waals surface area contributed by atoms with E-state index in [0.717, 1.165) is 0 Å². The molecule has 3 rings (SSSR count). The highest BCUT2D eigenvalue weighted by atomic mass is 32.3. The molecule has 0 bridgehead atoms. The Morgan fingerprint density at radius 2 is 1.61 bits per heavy atom. The van der Waals surface area contributed by atoms with Crippen molar-refractivity contribution in [3.8, 4) is 0 Å². The Balaban J connectivity index is 0.000000830. The Morgan fingerprint density at radius 3 is 2.11 bits per heavy atom. The molecule has 36 heavy (non-hydrogen) atoms. The molecule has 1 saturated carbocycles. The maximum atomic E-state index is 11.0. The molecule has 1 aliphatic carbocycles. The highest BCUT2D eigenvalue weighted by molar-refractivity contribution is 7.79. The van der Waals surface area contributed by atoms with Gasteiger partial charge in [-0.15, -0.1) is 0 Å². The lowest BCUT2D eigenvalue weighted by Crippen LogP contribution is -2.68. The summed E-state index contributed by atoms with van der Waals surface area (Å²) in [7, 11) is -3.05. The normalized spacial score (nSPS) is 43.6. The van der Waals surface area contributed by atoms with E-state index in [2.05, 4.69) is 5.32 Å². The summed E-state index contributed by atoms with van der Waals surface area (Å²) in [6.45, 7) is 1.68. The van der Waals surface area contributed by atoms with E-state index in [1.54, 1.807) is 20.0 Å². The fourth-order valence-corrected chi connectivity index (χ4v) is 4.44. The zero-order chi connectivity index (χ0) is 27.4. The van der Waals surface area contributed by atoms with Crippen LogP contribution in [0.3, 0.4) is 0 Å². The number of aliphatic hydroxyl groups excluding tert-OH is 2. The van der Waals surface area contributed by atoms with E-state index < -0.39 is 77.2 Å². The van der Waals surface area contributed by atoms with Gasteiger partial charge in [-0.3, -0.25) is 9.11 Å². The van der Waals surface area contributed by atoms with E-state index in [-0.39, 0.29) is 13.2 Å². The van der Waals surface area contributed by atoms with Crippen molar-refractivity contribution in [3.63, 3.8) is 0 Å². The van der Waals surface area contributed by atoms with Crippen molar-refractivity contribution in [1.29, 1.82) is 0 Å². The van der Waals surface area contributed by atoms with Gasteiger partial charge in [0.1, 0.15) is 35.8 Å². The zero-order valence-corrected chi connectivity index (χ0v) is 20.9. The predicted molar refractivity (Wildman–Crippen MR) is 124 cm³/mol. The number of nitrogens with two attached hydrogens (primary N) is 4. The fraction of sp³-hybridized carbons (Fsp3) is 0.895.